The van der Waals surface area contributed by atoms with Crippen LogP contribution in [-0.4, -0.2) is 34.2 Å². The smallest absolute Gasteiger partial charge is 0.270 e. The molecular formula is C21H23BrCl2N4O2Si. The summed E-state index contributed by atoms with van der Waals surface area (Å²) in [6.07, 6.45) is 2.01. The van der Waals surface area contributed by atoms with E-state index in [9.17, 15) is 9.59 Å². The molecule has 0 saturated carbocycles. The van der Waals surface area contributed by atoms with Crippen molar-refractivity contribution >= 4 is 64.3 Å². The zero-order valence-corrected chi connectivity index (χ0v) is 21.7. The van der Waals surface area contributed by atoms with E-state index in [0.717, 1.165) is 10.9 Å². The summed E-state index contributed by atoms with van der Waals surface area (Å²) >= 11 is 15.6. The van der Waals surface area contributed by atoms with Crippen LogP contribution in [0.2, 0.25) is 28.2 Å². The van der Waals surface area contributed by atoms with Crippen LogP contribution in [0.3, 0.4) is 0 Å². The molecule has 3 rings (SSSR count). The maximum atomic E-state index is 13.2. The highest BCUT2D eigenvalue weighted by molar-refractivity contribution is 9.10. The molecule has 0 atom stereocenters. The third kappa shape index (κ3) is 5.43. The third-order valence-corrected chi connectivity index (χ3v) is 10.1. The molecule has 31 heavy (non-hydrogen) atoms. The van der Waals surface area contributed by atoms with Gasteiger partial charge in [0.15, 0.2) is 8.32 Å². The normalized spacial score (nSPS) is 12.3. The average Bonchev–Trinajstić information content (AvgIpc) is 2.66. The maximum absolute atomic E-state index is 13.2. The first-order chi connectivity index (χ1) is 14.4. The van der Waals surface area contributed by atoms with Crippen molar-refractivity contribution < 1.29 is 9.59 Å². The second-order valence-electron chi connectivity index (χ2n) is 8.60. The number of amides is 1. The predicted octanol–water partition coefficient (Wildman–Crippen LogP) is 5.54. The lowest BCUT2D eigenvalue weighted by Crippen LogP contribution is -2.41. The number of nitrogens with zero attached hydrogens (tertiary/aromatic N) is 3. The summed E-state index contributed by atoms with van der Waals surface area (Å²) in [5.74, 6) is -0.354. The quantitative estimate of drug-likeness (QED) is 0.316. The minimum Gasteiger partial charge on any atom is -0.432 e. The molecule has 0 aliphatic heterocycles. The number of halogens is 3. The molecule has 2 N–H and O–H groups in total. The Morgan fingerprint density at radius 2 is 1.87 bits per heavy atom. The van der Waals surface area contributed by atoms with E-state index in [1.165, 1.54) is 0 Å². The van der Waals surface area contributed by atoms with Crippen molar-refractivity contribution in [3.63, 3.8) is 0 Å². The zero-order chi connectivity index (χ0) is 23.0. The molecule has 10 heteroatoms. The molecule has 0 saturated heterocycles. The third-order valence-electron chi connectivity index (χ3n) is 5.59. The second kappa shape index (κ2) is 9.11. The molecule has 164 valence electrons. The van der Waals surface area contributed by atoms with Crippen LogP contribution in [0.15, 0.2) is 35.1 Å². The highest BCUT2D eigenvalue weighted by atomic mass is 79.9. The first kappa shape index (κ1) is 24.1. The van der Waals surface area contributed by atoms with E-state index in [-0.39, 0.29) is 18.1 Å². The van der Waals surface area contributed by atoms with Crippen molar-refractivity contribution in [2.24, 2.45) is 0 Å². The molecule has 0 aliphatic carbocycles. The standard InChI is InChI=1S/C21H23BrCl2N4O2Si/c1-21(2,31(3,4)30)10-16-17-15(5-6-26-28-17)19(22)27-18(16)20(29)25-11-12-7-13(23)9-14(24)8-12/h5-9,30H,10-11H2,1-4H3,(H,25,29). The first-order valence-corrected chi connectivity index (χ1v) is 14.1. The zero-order valence-electron chi connectivity index (χ0n) is 17.6. The summed E-state index contributed by atoms with van der Waals surface area (Å²) in [5, 5.41) is 12.5. The molecule has 3 aromatic rings. The Balaban J connectivity index is 2.03. The van der Waals surface area contributed by atoms with Gasteiger partial charge in [0.1, 0.15) is 15.8 Å². The Bertz CT molecular complexity index is 1130. The molecule has 0 unspecified atom stereocenters. The largest absolute Gasteiger partial charge is 0.432 e. The number of hydrogen-bond donors (Lipinski definition) is 2. The summed E-state index contributed by atoms with van der Waals surface area (Å²) in [7, 11) is -2.56. The van der Waals surface area contributed by atoms with Crippen molar-refractivity contribution in [3.8, 4) is 0 Å². The molecule has 0 fully saturated rings. The van der Waals surface area contributed by atoms with Crippen LogP contribution in [0.1, 0.15) is 35.5 Å². The minimum absolute atomic E-state index is 0.236. The number of aromatic nitrogens is 3. The van der Waals surface area contributed by atoms with Gasteiger partial charge in [0, 0.05) is 27.5 Å². The number of benzene rings is 1. The first-order valence-electron chi connectivity index (χ1n) is 9.64. The van der Waals surface area contributed by atoms with Gasteiger partial charge in [-0.1, -0.05) is 37.0 Å². The van der Waals surface area contributed by atoms with Gasteiger partial charge in [-0.05, 0) is 70.3 Å². The van der Waals surface area contributed by atoms with Gasteiger partial charge in [-0.2, -0.15) is 10.2 Å². The fraction of sp³-hybridized carbons (Fsp3) is 0.333. The van der Waals surface area contributed by atoms with E-state index in [1.807, 2.05) is 26.9 Å². The van der Waals surface area contributed by atoms with Crippen LogP contribution in [0.4, 0.5) is 0 Å². The average molecular weight is 542 g/mol. The molecule has 1 aromatic carbocycles. The van der Waals surface area contributed by atoms with Crippen molar-refractivity contribution in [1.29, 1.82) is 0 Å². The van der Waals surface area contributed by atoms with Crippen LogP contribution in [0.25, 0.3) is 10.9 Å². The second-order valence-corrected chi connectivity index (χ2v) is 14.7. The molecule has 0 aliphatic rings. The SMILES string of the molecule is CC(C)(Cc1c(C(=O)NCc2cc(Cl)cc(Cl)c2)nc(Br)c2ccnnc12)[Si](C)(C)O. The predicted molar refractivity (Wildman–Crippen MR) is 130 cm³/mol. The van der Waals surface area contributed by atoms with Crippen LogP contribution >= 0.6 is 39.1 Å². The number of carbonyl (C=O) groups is 1. The fourth-order valence-electron chi connectivity index (χ4n) is 3.05. The van der Waals surface area contributed by atoms with E-state index in [0.29, 0.717) is 32.1 Å². The lowest BCUT2D eigenvalue weighted by atomic mass is 9.97. The van der Waals surface area contributed by atoms with Gasteiger partial charge in [0.25, 0.3) is 5.91 Å². The van der Waals surface area contributed by atoms with Crippen LogP contribution in [-0.2, 0) is 13.0 Å². The van der Waals surface area contributed by atoms with Crippen molar-refractivity contribution in [3.05, 3.63) is 61.9 Å². The highest BCUT2D eigenvalue weighted by Crippen LogP contribution is 2.41. The van der Waals surface area contributed by atoms with Crippen molar-refractivity contribution in [2.75, 3.05) is 0 Å². The minimum atomic E-state index is -2.56. The topological polar surface area (TPSA) is 88.0 Å². The van der Waals surface area contributed by atoms with Crippen molar-refractivity contribution in [2.45, 2.75) is 44.9 Å². The molecule has 1 amide bonds. The van der Waals surface area contributed by atoms with Gasteiger partial charge in [0.05, 0.1) is 6.20 Å². The Morgan fingerprint density at radius 1 is 1.23 bits per heavy atom. The molecule has 2 aromatic heterocycles. The monoisotopic (exact) mass is 540 g/mol. The van der Waals surface area contributed by atoms with Gasteiger partial charge in [-0.15, -0.1) is 0 Å². The number of fused-ring (bicyclic) bond motifs is 1. The van der Waals surface area contributed by atoms with E-state index >= 15 is 0 Å². The Hall–Kier alpha value is -1.58. The van der Waals surface area contributed by atoms with E-state index in [1.54, 1.807) is 30.5 Å². The van der Waals surface area contributed by atoms with Gasteiger partial charge in [-0.3, -0.25) is 4.79 Å². The van der Waals surface area contributed by atoms with Gasteiger partial charge in [-0.25, -0.2) is 4.98 Å². The van der Waals surface area contributed by atoms with E-state index in [4.69, 9.17) is 23.2 Å². The summed E-state index contributed by atoms with van der Waals surface area (Å²) in [6, 6.07) is 6.92. The van der Waals surface area contributed by atoms with Crippen LogP contribution in [0, 0.1) is 0 Å². The molecular weight excluding hydrogens is 519 g/mol. The van der Waals surface area contributed by atoms with Gasteiger partial charge in [0.2, 0.25) is 0 Å². The number of pyridine rings is 1. The van der Waals surface area contributed by atoms with Crippen LogP contribution < -0.4 is 5.32 Å². The molecule has 6 nitrogen and oxygen atoms in total. The van der Waals surface area contributed by atoms with Gasteiger partial charge < -0.3 is 10.1 Å². The fourth-order valence-corrected chi connectivity index (χ4v) is 4.73. The van der Waals surface area contributed by atoms with Gasteiger partial charge >= 0.3 is 0 Å². The highest BCUT2D eigenvalue weighted by Gasteiger charge is 2.39. The Morgan fingerprint density at radius 3 is 2.48 bits per heavy atom. The Labute approximate surface area is 200 Å². The number of carbonyl (C=O) groups excluding carboxylic acids is 1. The van der Waals surface area contributed by atoms with E-state index in [2.05, 4.69) is 36.4 Å². The molecule has 2 heterocycles. The summed E-state index contributed by atoms with van der Waals surface area (Å²) in [5.41, 5.74) is 2.27. The lowest BCUT2D eigenvalue weighted by Gasteiger charge is -2.35. The van der Waals surface area contributed by atoms with E-state index < -0.39 is 13.4 Å². The Kier molecular flexibility index (Phi) is 7.07. The summed E-state index contributed by atoms with van der Waals surface area (Å²) in [4.78, 5) is 28.5. The molecule has 0 bridgehead atoms. The molecule has 0 spiro atoms. The number of hydrogen-bond acceptors (Lipinski definition) is 5. The van der Waals surface area contributed by atoms with Crippen molar-refractivity contribution in [1.82, 2.24) is 20.5 Å². The van der Waals surface area contributed by atoms with Crippen LogP contribution in [0.5, 0.6) is 0 Å². The number of rotatable bonds is 6. The number of nitrogens with one attached hydrogen (secondary N) is 1. The summed E-state index contributed by atoms with van der Waals surface area (Å²) < 4.78 is 0.510. The lowest BCUT2D eigenvalue weighted by molar-refractivity contribution is 0.0944. The maximum Gasteiger partial charge on any atom is 0.270 e. The molecule has 0 radical (unpaired) electrons. The summed E-state index contributed by atoms with van der Waals surface area (Å²) in [6.45, 7) is 8.00.